The van der Waals surface area contributed by atoms with Crippen LogP contribution in [0.25, 0.3) is 5.57 Å². The molecule has 0 aromatic heterocycles. The van der Waals surface area contributed by atoms with Crippen molar-refractivity contribution in [2.24, 2.45) is 22.4 Å². The van der Waals surface area contributed by atoms with Gasteiger partial charge in [-0.3, -0.25) is 14.6 Å². The van der Waals surface area contributed by atoms with E-state index in [9.17, 15) is 9.59 Å². The normalized spacial score (nSPS) is 27.9. The summed E-state index contributed by atoms with van der Waals surface area (Å²) < 4.78 is 0. The minimum atomic E-state index is -0.788. The quantitative estimate of drug-likeness (QED) is 0.760. The van der Waals surface area contributed by atoms with Gasteiger partial charge in [0.05, 0.1) is 11.0 Å². The van der Waals surface area contributed by atoms with Crippen molar-refractivity contribution in [2.75, 3.05) is 4.90 Å². The maximum atomic E-state index is 11.8. The van der Waals surface area contributed by atoms with E-state index in [0.717, 1.165) is 30.3 Å². The third-order valence-corrected chi connectivity index (χ3v) is 7.01. The molecule has 1 aromatic rings. The fourth-order valence-corrected chi connectivity index (χ4v) is 5.86. The summed E-state index contributed by atoms with van der Waals surface area (Å²) in [7, 11) is 0. The first kappa shape index (κ1) is 17.5. The average molecular weight is 378 g/mol. The highest BCUT2D eigenvalue weighted by Gasteiger charge is 2.53. The molecule has 5 rings (SSSR count). The Morgan fingerprint density at radius 3 is 2.64 bits per heavy atom. The lowest BCUT2D eigenvalue weighted by Crippen LogP contribution is -2.55. The molecule has 4 aliphatic rings. The second kappa shape index (κ2) is 6.19. The molecule has 2 aliphatic heterocycles. The van der Waals surface area contributed by atoms with Gasteiger partial charge in [-0.05, 0) is 68.7 Å². The Morgan fingerprint density at radius 2 is 1.86 bits per heavy atom. The molecule has 0 bridgehead atoms. The van der Waals surface area contributed by atoms with E-state index < -0.39 is 11.8 Å². The van der Waals surface area contributed by atoms with Gasteiger partial charge in [0.15, 0.2) is 0 Å². The van der Waals surface area contributed by atoms with E-state index in [0.29, 0.717) is 11.1 Å². The highest BCUT2D eigenvalue weighted by molar-refractivity contribution is 6.39. The number of amides is 2. The van der Waals surface area contributed by atoms with E-state index in [1.54, 1.807) is 11.6 Å². The number of carbonyl (C=O) groups excluding carboxylic acids is 2. The summed E-state index contributed by atoms with van der Waals surface area (Å²) in [5.41, 5.74) is 14.5. The van der Waals surface area contributed by atoms with Crippen LogP contribution in [0.4, 0.5) is 5.69 Å². The number of allylic oxidation sites excluding steroid dienone is 2. The van der Waals surface area contributed by atoms with Crippen molar-refractivity contribution in [1.82, 2.24) is 0 Å². The molecule has 0 radical (unpaired) electrons. The average Bonchev–Trinajstić information content (AvgIpc) is 2.99. The van der Waals surface area contributed by atoms with Crippen LogP contribution in [0.15, 0.2) is 34.5 Å². The Kier molecular flexibility index (Phi) is 3.86. The van der Waals surface area contributed by atoms with E-state index in [1.165, 1.54) is 44.2 Å². The molecule has 0 saturated heterocycles. The molecule has 146 valence electrons. The zero-order valence-corrected chi connectivity index (χ0v) is 16.0. The van der Waals surface area contributed by atoms with Crippen molar-refractivity contribution in [3.8, 4) is 0 Å². The lowest BCUT2D eigenvalue weighted by molar-refractivity contribution is -0.117. The predicted molar refractivity (Wildman–Crippen MR) is 106 cm³/mol. The van der Waals surface area contributed by atoms with Crippen molar-refractivity contribution >= 4 is 23.1 Å². The Hall–Kier alpha value is -2.63. The van der Waals surface area contributed by atoms with Gasteiger partial charge in [-0.2, -0.15) is 0 Å². The number of primary amides is 2. The summed E-state index contributed by atoms with van der Waals surface area (Å²) >= 11 is 0. The first-order valence-corrected chi connectivity index (χ1v) is 10.4. The van der Waals surface area contributed by atoms with Crippen molar-refractivity contribution in [3.63, 3.8) is 0 Å². The molecule has 6 heteroatoms. The summed E-state index contributed by atoms with van der Waals surface area (Å²) in [5, 5.41) is 1.44. The maximum Gasteiger partial charge on any atom is 0.254 e. The summed E-state index contributed by atoms with van der Waals surface area (Å²) in [5.74, 6) is -1.04. The van der Waals surface area contributed by atoms with Crippen LogP contribution in [0.5, 0.6) is 0 Å². The zero-order valence-electron chi connectivity index (χ0n) is 16.0. The van der Waals surface area contributed by atoms with Crippen LogP contribution in [0.2, 0.25) is 0 Å². The molecule has 1 fully saturated rings. The molecule has 2 heterocycles. The van der Waals surface area contributed by atoms with Crippen LogP contribution < -0.4 is 26.9 Å². The second-order valence-corrected chi connectivity index (χ2v) is 8.54. The monoisotopic (exact) mass is 378 g/mol. The van der Waals surface area contributed by atoms with Crippen LogP contribution in [0.1, 0.15) is 57.8 Å². The van der Waals surface area contributed by atoms with Gasteiger partial charge in [-0.15, -0.1) is 0 Å². The molecular formula is C22H26N4O2. The number of carbonyl (C=O) groups is 2. The van der Waals surface area contributed by atoms with Crippen molar-refractivity contribution < 1.29 is 9.59 Å². The van der Waals surface area contributed by atoms with Crippen molar-refractivity contribution in [2.45, 2.75) is 63.5 Å². The molecule has 28 heavy (non-hydrogen) atoms. The molecular weight excluding hydrogens is 352 g/mol. The van der Waals surface area contributed by atoms with Crippen LogP contribution in [0, 0.1) is 5.92 Å². The van der Waals surface area contributed by atoms with Crippen molar-refractivity contribution in [3.05, 3.63) is 40.0 Å². The second-order valence-electron chi connectivity index (χ2n) is 8.54. The topological polar surface area (TPSA) is 102 Å². The summed E-state index contributed by atoms with van der Waals surface area (Å²) in [6.45, 7) is 0. The largest absolute Gasteiger partial charge is 0.365 e. The summed E-state index contributed by atoms with van der Waals surface area (Å²) in [6, 6.07) is 5.56. The Morgan fingerprint density at radius 1 is 1.07 bits per heavy atom. The Bertz CT molecular complexity index is 1030. The van der Waals surface area contributed by atoms with Gasteiger partial charge in [0.2, 0.25) is 0 Å². The van der Waals surface area contributed by atoms with Gasteiger partial charge in [-0.25, -0.2) is 0 Å². The van der Waals surface area contributed by atoms with Gasteiger partial charge in [0.25, 0.3) is 11.8 Å². The number of fused-ring (bicyclic) bond motifs is 3. The fraction of sp³-hybridized carbons (Fsp3) is 0.500. The molecule has 2 aliphatic carbocycles. The van der Waals surface area contributed by atoms with E-state index in [2.05, 4.69) is 4.90 Å². The molecule has 1 aromatic carbocycles. The molecule has 4 N–H and O–H groups in total. The molecule has 6 nitrogen and oxygen atoms in total. The van der Waals surface area contributed by atoms with Crippen LogP contribution in [0.3, 0.4) is 0 Å². The summed E-state index contributed by atoms with van der Waals surface area (Å²) in [4.78, 5) is 31.4. The first-order valence-electron chi connectivity index (χ1n) is 10.4. The van der Waals surface area contributed by atoms with Gasteiger partial charge in [0, 0.05) is 11.6 Å². The smallest absolute Gasteiger partial charge is 0.254 e. The SMILES string of the molecule is NC(=O)C(C(N)=O)=c1ccc2c(c1)N1C3=C(CCCC3)CC3CCCC[C@@]31N=2. The summed E-state index contributed by atoms with van der Waals surface area (Å²) in [6.07, 6.45) is 10.6. The highest BCUT2D eigenvalue weighted by atomic mass is 16.2. The minimum Gasteiger partial charge on any atom is -0.365 e. The molecule has 1 unspecified atom stereocenters. The first-order chi connectivity index (χ1) is 13.5. The molecule has 2 atom stereocenters. The Labute approximate surface area is 164 Å². The van der Waals surface area contributed by atoms with E-state index in [1.807, 2.05) is 12.1 Å². The van der Waals surface area contributed by atoms with Crippen LogP contribution >= 0.6 is 0 Å². The number of nitrogens with zero attached hydrogens (tertiary/aromatic N) is 2. The standard InChI is InChI=1S/C22H26N4O2/c23-20(27)19(21(24)28)14-8-9-16-18(12-14)26-17-7-2-1-5-13(17)11-15-6-3-4-10-22(15,26)25-16/h8-9,12,15H,1-7,10-11H2,(H2,23,27)(H2,24,28)/t15?,22-/m0/s1. The fourth-order valence-electron chi connectivity index (χ4n) is 5.86. The molecule has 1 saturated carbocycles. The molecule has 1 spiro atoms. The van der Waals surface area contributed by atoms with Crippen LogP contribution in [-0.4, -0.2) is 17.5 Å². The highest BCUT2D eigenvalue weighted by Crippen LogP contribution is 2.53. The predicted octanol–water partition coefficient (Wildman–Crippen LogP) is 1.37. The number of nitrogens with two attached hydrogens (primary N) is 2. The van der Waals surface area contributed by atoms with Crippen LogP contribution in [-0.2, 0) is 9.59 Å². The molecule has 2 amide bonds. The lowest BCUT2D eigenvalue weighted by atomic mass is 9.70. The van der Waals surface area contributed by atoms with Crippen molar-refractivity contribution in [1.29, 1.82) is 0 Å². The number of hydrogen-bond acceptors (Lipinski definition) is 4. The number of rotatable bonds is 2. The van der Waals surface area contributed by atoms with E-state index in [4.69, 9.17) is 16.5 Å². The third kappa shape index (κ3) is 2.36. The van der Waals surface area contributed by atoms with Gasteiger partial charge in [-0.1, -0.05) is 18.1 Å². The van der Waals surface area contributed by atoms with Gasteiger partial charge >= 0.3 is 0 Å². The minimum absolute atomic E-state index is 0.140. The lowest BCUT2D eigenvalue weighted by Gasteiger charge is -2.52. The van der Waals surface area contributed by atoms with Gasteiger partial charge < -0.3 is 16.4 Å². The number of anilines is 1. The van der Waals surface area contributed by atoms with E-state index in [-0.39, 0.29) is 11.2 Å². The number of benzene rings is 1. The van der Waals surface area contributed by atoms with E-state index >= 15 is 0 Å². The zero-order chi connectivity index (χ0) is 19.5. The maximum absolute atomic E-state index is 11.8. The Balaban J connectivity index is 1.76. The third-order valence-electron chi connectivity index (χ3n) is 7.01. The van der Waals surface area contributed by atoms with Gasteiger partial charge in [0.1, 0.15) is 11.2 Å². The number of hydrogen-bond donors (Lipinski definition) is 2.